The molecule has 1 aromatic heterocycles. The van der Waals surface area contributed by atoms with Gasteiger partial charge in [-0.25, -0.2) is 0 Å². The molecule has 0 N–H and O–H groups in total. The Labute approximate surface area is 146 Å². The maximum absolute atomic E-state index is 12.4. The Morgan fingerprint density at radius 3 is 2.58 bits per heavy atom. The van der Waals surface area contributed by atoms with E-state index in [-0.39, 0.29) is 18.0 Å². The fraction of sp³-hybridized carbons (Fsp3) is 0.333. The van der Waals surface area contributed by atoms with E-state index >= 15 is 0 Å². The van der Waals surface area contributed by atoms with Crippen LogP contribution in [0.25, 0.3) is 0 Å². The minimum atomic E-state index is -0.154. The average molecular weight is 346 g/mol. The van der Waals surface area contributed by atoms with Gasteiger partial charge in [0.05, 0.1) is 0 Å². The molecule has 0 spiro atoms. The summed E-state index contributed by atoms with van der Waals surface area (Å²) in [4.78, 5) is 28.2. The Bertz CT molecular complexity index is 795. The van der Waals surface area contributed by atoms with Gasteiger partial charge in [-0.1, -0.05) is 23.7 Å². The molecule has 2 heterocycles. The van der Waals surface area contributed by atoms with Crippen molar-refractivity contribution in [2.24, 2.45) is 0 Å². The van der Waals surface area contributed by atoms with Gasteiger partial charge in [0.15, 0.2) is 0 Å². The fourth-order valence-electron chi connectivity index (χ4n) is 2.96. The number of halogens is 1. The van der Waals surface area contributed by atoms with E-state index in [4.69, 9.17) is 11.6 Å². The first-order valence-electron chi connectivity index (χ1n) is 7.99. The second-order valence-corrected chi connectivity index (χ2v) is 6.40. The van der Waals surface area contributed by atoms with Crippen molar-refractivity contribution >= 4 is 23.2 Å². The van der Waals surface area contributed by atoms with Gasteiger partial charge in [-0.3, -0.25) is 9.59 Å². The number of hydrogen-bond acceptors (Lipinski definition) is 3. The lowest BCUT2D eigenvalue weighted by Gasteiger charge is -2.37. The Hall–Kier alpha value is -2.27. The van der Waals surface area contributed by atoms with Crippen molar-refractivity contribution in [3.8, 4) is 0 Å². The monoisotopic (exact) mass is 345 g/mol. The highest BCUT2D eigenvalue weighted by Crippen LogP contribution is 2.25. The average Bonchev–Trinajstić information content (AvgIpc) is 2.59. The number of aromatic nitrogens is 1. The third-order valence-corrected chi connectivity index (χ3v) is 4.58. The number of aryl methyl sites for hydroxylation is 1. The lowest BCUT2D eigenvalue weighted by Crippen LogP contribution is -2.50. The second-order valence-electron chi connectivity index (χ2n) is 5.97. The number of piperazine rings is 1. The van der Waals surface area contributed by atoms with E-state index in [1.807, 2.05) is 23.1 Å². The SMILES string of the molecule is Cc1ccc(Cl)cc1N1CCN(C(=O)Cn2ccccc2=O)CC1. The van der Waals surface area contributed by atoms with Crippen LogP contribution >= 0.6 is 11.6 Å². The van der Waals surface area contributed by atoms with Crippen molar-refractivity contribution in [3.05, 3.63) is 63.5 Å². The van der Waals surface area contributed by atoms with Crippen molar-refractivity contribution in [2.75, 3.05) is 31.1 Å². The van der Waals surface area contributed by atoms with Crippen LogP contribution in [-0.4, -0.2) is 41.6 Å². The maximum Gasteiger partial charge on any atom is 0.250 e. The van der Waals surface area contributed by atoms with Crippen molar-refractivity contribution in [1.29, 1.82) is 0 Å². The quantitative estimate of drug-likeness (QED) is 0.856. The van der Waals surface area contributed by atoms with Crippen LogP contribution in [0.2, 0.25) is 5.02 Å². The molecule has 1 saturated heterocycles. The molecule has 126 valence electrons. The molecule has 24 heavy (non-hydrogen) atoms. The molecule has 1 aliphatic rings. The fourth-order valence-corrected chi connectivity index (χ4v) is 3.12. The number of anilines is 1. The predicted octanol–water partition coefficient (Wildman–Crippen LogP) is 2.16. The Balaban J connectivity index is 1.62. The molecule has 3 rings (SSSR count). The summed E-state index contributed by atoms with van der Waals surface area (Å²) in [5.74, 6) is -0.0224. The molecule has 0 saturated carbocycles. The van der Waals surface area contributed by atoms with E-state index < -0.39 is 0 Å². The molecular weight excluding hydrogens is 326 g/mol. The van der Waals surface area contributed by atoms with Crippen LogP contribution in [-0.2, 0) is 11.3 Å². The van der Waals surface area contributed by atoms with Crippen LogP contribution in [0.5, 0.6) is 0 Å². The molecule has 0 aliphatic carbocycles. The lowest BCUT2D eigenvalue weighted by molar-refractivity contribution is -0.132. The summed E-state index contributed by atoms with van der Waals surface area (Å²) in [6.45, 7) is 4.97. The molecule has 0 radical (unpaired) electrons. The number of amides is 1. The van der Waals surface area contributed by atoms with Gasteiger partial charge in [0.2, 0.25) is 5.91 Å². The van der Waals surface area contributed by atoms with E-state index in [0.29, 0.717) is 13.1 Å². The number of carbonyl (C=O) groups is 1. The molecule has 1 aromatic carbocycles. The van der Waals surface area contributed by atoms with E-state index in [0.717, 1.165) is 23.8 Å². The minimum absolute atomic E-state index is 0.0224. The van der Waals surface area contributed by atoms with Crippen molar-refractivity contribution in [3.63, 3.8) is 0 Å². The summed E-state index contributed by atoms with van der Waals surface area (Å²) < 4.78 is 1.44. The first-order chi connectivity index (χ1) is 11.5. The Morgan fingerprint density at radius 2 is 1.88 bits per heavy atom. The van der Waals surface area contributed by atoms with Gasteiger partial charge < -0.3 is 14.4 Å². The molecule has 0 bridgehead atoms. The summed E-state index contributed by atoms with van der Waals surface area (Å²) in [5.41, 5.74) is 2.14. The van der Waals surface area contributed by atoms with Crippen molar-refractivity contribution in [1.82, 2.24) is 9.47 Å². The molecule has 1 aliphatic heterocycles. The van der Waals surface area contributed by atoms with Gasteiger partial charge in [-0.15, -0.1) is 0 Å². The zero-order valence-corrected chi connectivity index (χ0v) is 14.4. The number of nitrogens with zero attached hydrogens (tertiary/aromatic N) is 3. The van der Waals surface area contributed by atoms with E-state index in [1.54, 1.807) is 18.3 Å². The second kappa shape index (κ2) is 7.09. The number of rotatable bonds is 3. The van der Waals surface area contributed by atoms with Gasteiger partial charge in [0.1, 0.15) is 6.54 Å². The van der Waals surface area contributed by atoms with Gasteiger partial charge >= 0.3 is 0 Å². The smallest absolute Gasteiger partial charge is 0.250 e. The van der Waals surface area contributed by atoms with E-state index in [9.17, 15) is 9.59 Å². The summed E-state index contributed by atoms with van der Waals surface area (Å²) in [6, 6.07) is 10.8. The van der Waals surface area contributed by atoms with Crippen LogP contribution in [0.15, 0.2) is 47.4 Å². The first kappa shape index (κ1) is 16.6. The normalized spacial score (nSPS) is 14.8. The van der Waals surface area contributed by atoms with E-state index in [2.05, 4.69) is 11.8 Å². The lowest BCUT2D eigenvalue weighted by atomic mass is 10.1. The summed E-state index contributed by atoms with van der Waals surface area (Å²) >= 11 is 6.10. The summed E-state index contributed by atoms with van der Waals surface area (Å²) in [6.07, 6.45) is 1.64. The first-order valence-corrected chi connectivity index (χ1v) is 8.37. The molecular formula is C18H20ClN3O2. The van der Waals surface area contributed by atoms with E-state index in [1.165, 1.54) is 16.2 Å². The topological polar surface area (TPSA) is 45.5 Å². The highest BCUT2D eigenvalue weighted by Gasteiger charge is 2.22. The van der Waals surface area contributed by atoms with Crippen LogP contribution in [0.3, 0.4) is 0 Å². The highest BCUT2D eigenvalue weighted by molar-refractivity contribution is 6.30. The molecule has 5 nitrogen and oxygen atoms in total. The maximum atomic E-state index is 12.4. The van der Waals surface area contributed by atoms with Crippen LogP contribution < -0.4 is 10.5 Å². The zero-order valence-electron chi connectivity index (χ0n) is 13.6. The number of benzene rings is 1. The molecule has 6 heteroatoms. The number of pyridine rings is 1. The Kier molecular flexibility index (Phi) is 4.90. The van der Waals surface area contributed by atoms with Crippen LogP contribution in [0, 0.1) is 6.92 Å². The van der Waals surface area contributed by atoms with Crippen LogP contribution in [0.4, 0.5) is 5.69 Å². The summed E-state index contributed by atoms with van der Waals surface area (Å²) in [7, 11) is 0. The third kappa shape index (κ3) is 3.62. The van der Waals surface area contributed by atoms with Crippen LogP contribution in [0.1, 0.15) is 5.56 Å². The molecule has 0 atom stereocenters. The Morgan fingerprint density at radius 1 is 1.12 bits per heavy atom. The molecule has 2 aromatic rings. The molecule has 1 amide bonds. The van der Waals surface area contributed by atoms with Crippen molar-refractivity contribution < 1.29 is 4.79 Å². The van der Waals surface area contributed by atoms with Crippen molar-refractivity contribution in [2.45, 2.75) is 13.5 Å². The largest absolute Gasteiger partial charge is 0.368 e. The number of carbonyl (C=O) groups excluding carboxylic acids is 1. The number of hydrogen-bond donors (Lipinski definition) is 0. The standard InChI is InChI=1S/C18H20ClN3O2/c1-14-5-6-15(19)12-16(14)20-8-10-21(11-9-20)18(24)13-22-7-3-2-4-17(22)23/h2-7,12H,8-11,13H2,1H3. The summed E-state index contributed by atoms with van der Waals surface area (Å²) in [5, 5.41) is 0.720. The predicted molar refractivity (Wildman–Crippen MR) is 95.7 cm³/mol. The molecule has 1 fully saturated rings. The minimum Gasteiger partial charge on any atom is -0.368 e. The molecule has 0 unspecified atom stereocenters. The van der Waals surface area contributed by atoms with Gasteiger partial charge in [-0.05, 0) is 30.7 Å². The van der Waals surface area contributed by atoms with Gasteiger partial charge in [-0.2, -0.15) is 0 Å². The third-order valence-electron chi connectivity index (χ3n) is 4.35. The van der Waals surface area contributed by atoms with Gasteiger partial charge in [0, 0.05) is 49.2 Å². The van der Waals surface area contributed by atoms with Gasteiger partial charge in [0.25, 0.3) is 5.56 Å². The highest BCUT2D eigenvalue weighted by atomic mass is 35.5. The zero-order chi connectivity index (χ0) is 17.1.